The number of sulfonamides is 1. The molecule has 8 heteroatoms. The summed E-state index contributed by atoms with van der Waals surface area (Å²) in [6.45, 7) is 1.90. The summed E-state index contributed by atoms with van der Waals surface area (Å²) in [4.78, 5) is 16.4. The van der Waals surface area contributed by atoms with Crippen molar-refractivity contribution in [1.82, 2.24) is 10.2 Å². The van der Waals surface area contributed by atoms with Gasteiger partial charge in [0, 0.05) is 24.0 Å². The van der Waals surface area contributed by atoms with Crippen molar-refractivity contribution >= 4 is 27.3 Å². The van der Waals surface area contributed by atoms with E-state index in [-0.39, 0.29) is 10.8 Å². The van der Waals surface area contributed by atoms with Crippen LogP contribution in [0.15, 0.2) is 40.6 Å². The Hall–Kier alpha value is -1.74. The maximum absolute atomic E-state index is 12.5. The molecule has 0 bridgehead atoms. The number of primary sulfonamides is 1. The van der Waals surface area contributed by atoms with Gasteiger partial charge in [0.05, 0.1) is 11.4 Å². The number of thiophene rings is 1. The van der Waals surface area contributed by atoms with Crippen LogP contribution in [-0.2, 0) is 27.7 Å². The average molecular weight is 420 g/mol. The third-order valence-electron chi connectivity index (χ3n) is 5.52. The molecule has 0 spiro atoms. The van der Waals surface area contributed by atoms with Crippen molar-refractivity contribution in [2.45, 2.75) is 36.6 Å². The van der Waals surface area contributed by atoms with Gasteiger partial charge in [-0.3, -0.25) is 9.69 Å². The summed E-state index contributed by atoms with van der Waals surface area (Å²) < 4.78 is 22.6. The van der Waals surface area contributed by atoms with Crippen LogP contribution in [0, 0.1) is 5.92 Å². The Morgan fingerprint density at radius 2 is 1.96 bits per heavy atom. The molecule has 2 aliphatic rings. The van der Waals surface area contributed by atoms with Crippen LogP contribution in [0.5, 0.6) is 0 Å². The van der Waals surface area contributed by atoms with Gasteiger partial charge in [-0.15, -0.1) is 11.3 Å². The van der Waals surface area contributed by atoms with Crippen LogP contribution in [0.2, 0.25) is 0 Å². The van der Waals surface area contributed by atoms with Gasteiger partial charge in [0.1, 0.15) is 0 Å². The topological polar surface area (TPSA) is 92.5 Å². The van der Waals surface area contributed by atoms with Crippen molar-refractivity contribution in [1.29, 1.82) is 0 Å². The smallest absolute Gasteiger partial charge is 0.238 e. The highest BCUT2D eigenvalue weighted by molar-refractivity contribution is 7.89. The highest BCUT2D eigenvalue weighted by Crippen LogP contribution is 2.48. The predicted molar refractivity (Wildman–Crippen MR) is 110 cm³/mol. The fraction of sp³-hybridized carbons (Fsp3) is 0.450. The number of nitrogens with two attached hydrogens (primary N) is 1. The second-order valence-corrected chi connectivity index (χ2v) is 10.2. The number of rotatable bonds is 7. The number of fused-ring (bicyclic) bond motifs is 1. The number of hydrogen-bond acceptors (Lipinski definition) is 5. The first-order valence-electron chi connectivity index (χ1n) is 9.60. The molecule has 1 atom stereocenters. The van der Waals surface area contributed by atoms with Gasteiger partial charge in [0.2, 0.25) is 15.9 Å². The Balaban J connectivity index is 1.29. The second kappa shape index (κ2) is 7.94. The van der Waals surface area contributed by atoms with Crippen LogP contribution in [0.3, 0.4) is 0 Å². The zero-order valence-corrected chi connectivity index (χ0v) is 17.3. The Bertz CT molecular complexity index is 949. The number of hydrogen-bond donors (Lipinski definition) is 2. The highest BCUT2D eigenvalue weighted by atomic mass is 32.2. The predicted octanol–water partition coefficient (Wildman–Crippen LogP) is 2.06. The third kappa shape index (κ3) is 4.46. The van der Waals surface area contributed by atoms with E-state index in [9.17, 15) is 13.2 Å². The molecule has 0 radical (unpaired) electrons. The SMILES string of the molecule is NS(=O)(=O)c1ccc(CCNC(=O)CN2CCc3sccc3[C@H]2C2CC2)cc1. The molecule has 4 rings (SSSR count). The van der Waals surface area contributed by atoms with E-state index >= 15 is 0 Å². The van der Waals surface area contributed by atoms with Crippen LogP contribution in [0.1, 0.15) is 34.9 Å². The van der Waals surface area contributed by atoms with E-state index in [0.717, 1.165) is 18.5 Å². The quantitative estimate of drug-likeness (QED) is 0.719. The average Bonchev–Trinajstić information content (AvgIpc) is 3.37. The molecule has 6 nitrogen and oxygen atoms in total. The summed E-state index contributed by atoms with van der Waals surface area (Å²) in [5.74, 6) is 0.740. The Kier molecular flexibility index (Phi) is 5.55. The molecule has 2 aromatic rings. The fourth-order valence-electron chi connectivity index (χ4n) is 3.97. The molecule has 2 heterocycles. The first-order chi connectivity index (χ1) is 13.4. The van der Waals surface area contributed by atoms with Crippen molar-refractivity contribution in [2.24, 2.45) is 11.1 Å². The van der Waals surface area contributed by atoms with Gasteiger partial charge in [0.15, 0.2) is 0 Å². The maximum Gasteiger partial charge on any atom is 0.238 e. The minimum Gasteiger partial charge on any atom is -0.355 e. The van der Waals surface area contributed by atoms with E-state index in [1.807, 2.05) is 11.3 Å². The minimum absolute atomic E-state index is 0.0467. The largest absolute Gasteiger partial charge is 0.355 e. The van der Waals surface area contributed by atoms with E-state index in [4.69, 9.17) is 5.14 Å². The molecule has 28 heavy (non-hydrogen) atoms. The van der Waals surface area contributed by atoms with Crippen molar-refractivity contribution in [2.75, 3.05) is 19.6 Å². The number of carbonyl (C=O) groups excluding carboxylic acids is 1. The number of nitrogens with one attached hydrogen (secondary N) is 1. The Morgan fingerprint density at radius 1 is 1.21 bits per heavy atom. The first kappa shape index (κ1) is 19.6. The lowest BCUT2D eigenvalue weighted by molar-refractivity contribution is -0.123. The zero-order chi connectivity index (χ0) is 19.7. The molecule has 3 N–H and O–H groups in total. The van der Waals surface area contributed by atoms with Gasteiger partial charge in [-0.2, -0.15) is 0 Å². The second-order valence-electron chi connectivity index (χ2n) is 7.59. The molecule has 1 fully saturated rings. The summed E-state index contributed by atoms with van der Waals surface area (Å²) in [6.07, 6.45) is 4.19. The van der Waals surface area contributed by atoms with Crippen molar-refractivity contribution in [3.8, 4) is 0 Å². The van der Waals surface area contributed by atoms with Crippen molar-refractivity contribution in [3.05, 3.63) is 51.7 Å². The molecule has 1 saturated carbocycles. The summed E-state index contributed by atoms with van der Waals surface area (Å²) in [6, 6.07) is 9.09. The fourth-order valence-corrected chi connectivity index (χ4v) is 5.40. The van der Waals surface area contributed by atoms with Crippen LogP contribution in [0.4, 0.5) is 0 Å². The van der Waals surface area contributed by atoms with Gasteiger partial charge in [-0.1, -0.05) is 12.1 Å². The summed E-state index contributed by atoms with van der Waals surface area (Å²) >= 11 is 1.84. The van der Waals surface area contributed by atoms with E-state index in [0.29, 0.717) is 31.5 Å². The lowest BCUT2D eigenvalue weighted by Gasteiger charge is -2.35. The van der Waals surface area contributed by atoms with E-state index in [1.54, 1.807) is 12.1 Å². The van der Waals surface area contributed by atoms with Gasteiger partial charge in [-0.05, 0) is 66.3 Å². The van der Waals surface area contributed by atoms with E-state index in [2.05, 4.69) is 21.7 Å². The maximum atomic E-state index is 12.5. The summed E-state index contributed by atoms with van der Waals surface area (Å²) in [5.41, 5.74) is 2.39. The van der Waals surface area contributed by atoms with Crippen LogP contribution in [0.25, 0.3) is 0 Å². The molecule has 1 aliphatic heterocycles. The van der Waals surface area contributed by atoms with Crippen LogP contribution >= 0.6 is 11.3 Å². The molecule has 1 aliphatic carbocycles. The molecule has 1 aromatic heterocycles. The zero-order valence-electron chi connectivity index (χ0n) is 15.6. The molecule has 150 valence electrons. The Morgan fingerprint density at radius 3 is 2.64 bits per heavy atom. The number of carbonyl (C=O) groups is 1. The van der Waals surface area contributed by atoms with E-state index in [1.165, 1.54) is 35.4 Å². The van der Waals surface area contributed by atoms with Crippen LogP contribution < -0.4 is 10.5 Å². The normalized spacial score (nSPS) is 20.0. The van der Waals surface area contributed by atoms with Gasteiger partial charge in [-0.25, -0.2) is 13.6 Å². The molecule has 0 saturated heterocycles. The molecule has 1 amide bonds. The molecule has 1 aromatic carbocycles. The van der Waals surface area contributed by atoms with Gasteiger partial charge in [0.25, 0.3) is 0 Å². The van der Waals surface area contributed by atoms with Gasteiger partial charge >= 0.3 is 0 Å². The molecular formula is C20H25N3O3S2. The van der Waals surface area contributed by atoms with Gasteiger partial charge < -0.3 is 5.32 Å². The molecule has 0 unspecified atom stereocenters. The third-order valence-corrected chi connectivity index (χ3v) is 7.45. The molecular weight excluding hydrogens is 394 g/mol. The summed E-state index contributed by atoms with van der Waals surface area (Å²) in [7, 11) is -3.67. The van der Waals surface area contributed by atoms with Crippen molar-refractivity contribution in [3.63, 3.8) is 0 Å². The minimum atomic E-state index is -3.67. The highest BCUT2D eigenvalue weighted by Gasteiger charge is 2.40. The lowest BCUT2D eigenvalue weighted by atomic mass is 9.96. The Labute approximate surface area is 169 Å². The lowest BCUT2D eigenvalue weighted by Crippen LogP contribution is -2.43. The number of amides is 1. The summed E-state index contributed by atoms with van der Waals surface area (Å²) in [5, 5.41) is 10.3. The first-order valence-corrected chi connectivity index (χ1v) is 12.0. The number of nitrogens with zero attached hydrogens (tertiary/aromatic N) is 1. The van der Waals surface area contributed by atoms with Crippen LogP contribution in [-0.4, -0.2) is 38.9 Å². The monoisotopic (exact) mass is 419 g/mol. The number of benzene rings is 1. The standard InChI is InChI=1S/C20H25N3O3S2/c21-28(25,26)16-5-1-14(2-6-16)7-10-22-19(24)13-23-11-8-18-17(9-12-27-18)20(23)15-3-4-15/h1-2,5-6,9,12,15,20H,3-4,7-8,10-11,13H2,(H,22,24)(H2,21,25,26)/t20-/m1/s1. The van der Waals surface area contributed by atoms with E-state index < -0.39 is 10.0 Å². The van der Waals surface area contributed by atoms with Crippen molar-refractivity contribution < 1.29 is 13.2 Å².